The first kappa shape index (κ1) is 12.8. The maximum Gasteiger partial charge on any atom is 0.417 e. The van der Waals surface area contributed by atoms with Crippen LogP contribution in [0.2, 0.25) is 0 Å². The van der Waals surface area contributed by atoms with Crippen molar-refractivity contribution in [3.8, 4) is 5.75 Å². The van der Waals surface area contributed by atoms with Gasteiger partial charge in [-0.1, -0.05) is 15.9 Å². The zero-order valence-electron chi connectivity index (χ0n) is 7.93. The van der Waals surface area contributed by atoms with Crippen molar-refractivity contribution in [2.24, 2.45) is 0 Å². The number of carboxylic acid groups (broad SMARTS) is 1. The maximum atomic E-state index is 12.5. The van der Waals surface area contributed by atoms with Crippen LogP contribution in [0.4, 0.5) is 13.2 Å². The molecule has 0 spiro atoms. The lowest BCUT2D eigenvalue weighted by molar-refractivity contribution is -0.138. The summed E-state index contributed by atoms with van der Waals surface area (Å²) in [6.45, 7) is 0. The molecule has 0 atom stereocenters. The molecule has 0 unspecified atom stereocenters. The molecule has 7 heteroatoms. The molecule has 88 valence electrons. The molecule has 1 rings (SSSR count). The lowest BCUT2D eigenvalue weighted by Gasteiger charge is -2.12. The van der Waals surface area contributed by atoms with Crippen molar-refractivity contribution in [1.82, 2.24) is 0 Å². The third kappa shape index (κ3) is 2.46. The molecule has 0 radical (unpaired) electrons. The predicted molar refractivity (Wildman–Crippen MR) is 52.7 cm³/mol. The second-order valence-electron chi connectivity index (χ2n) is 2.84. The number of rotatable bonds is 2. The second-order valence-corrected chi connectivity index (χ2v) is 3.69. The molecule has 0 saturated heterocycles. The first-order valence-corrected chi connectivity index (χ1v) is 4.74. The first-order valence-electron chi connectivity index (χ1n) is 3.95. The summed E-state index contributed by atoms with van der Waals surface area (Å²) in [6, 6.07) is 1.51. The molecular formula is C9H6BrF3O3. The van der Waals surface area contributed by atoms with Crippen LogP contribution in [0.15, 0.2) is 16.6 Å². The van der Waals surface area contributed by atoms with Crippen LogP contribution in [0.3, 0.4) is 0 Å². The highest BCUT2D eigenvalue weighted by Gasteiger charge is 2.34. The molecule has 1 aromatic rings. The monoisotopic (exact) mass is 298 g/mol. The highest BCUT2D eigenvalue weighted by molar-refractivity contribution is 9.10. The number of carboxylic acids is 1. The van der Waals surface area contributed by atoms with Crippen molar-refractivity contribution in [3.63, 3.8) is 0 Å². The van der Waals surface area contributed by atoms with Crippen molar-refractivity contribution >= 4 is 21.9 Å². The number of hydrogen-bond acceptors (Lipinski definition) is 2. The summed E-state index contributed by atoms with van der Waals surface area (Å²) in [5, 5.41) is 8.73. The van der Waals surface area contributed by atoms with Crippen LogP contribution in [-0.4, -0.2) is 18.2 Å². The number of alkyl halides is 3. The van der Waals surface area contributed by atoms with Crippen molar-refractivity contribution in [1.29, 1.82) is 0 Å². The van der Waals surface area contributed by atoms with Crippen molar-refractivity contribution in [3.05, 3.63) is 27.7 Å². The van der Waals surface area contributed by atoms with E-state index < -0.39 is 17.7 Å². The fourth-order valence-electron chi connectivity index (χ4n) is 1.11. The minimum atomic E-state index is -4.57. The number of benzene rings is 1. The molecule has 0 bridgehead atoms. The van der Waals surface area contributed by atoms with E-state index in [1.54, 1.807) is 0 Å². The van der Waals surface area contributed by atoms with Gasteiger partial charge in [0.15, 0.2) is 0 Å². The molecule has 16 heavy (non-hydrogen) atoms. The Morgan fingerprint density at radius 1 is 1.44 bits per heavy atom. The lowest BCUT2D eigenvalue weighted by Crippen LogP contribution is -2.09. The van der Waals surface area contributed by atoms with Crippen LogP contribution in [0.5, 0.6) is 5.75 Å². The SMILES string of the molecule is COc1cc(C(F)(F)F)c(Br)cc1C(=O)O. The van der Waals surface area contributed by atoms with Gasteiger partial charge in [-0.05, 0) is 12.1 Å². The maximum absolute atomic E-state index is 12.5. The van der Waals surface area contributed by atoms with Crippen molar-refractivity contribution in [2.45, 2.75) is 6.18 Å². The molecule has 3 nitrogen and oxygen atoms in total. The van der Waals surface area contributed by atoms with E-state index in [0.29, 0.717) is 6.07 Å². The molecular weight excluding hydrogens is 293 g/mol. The Balaban J connectivity index is 3.43. The van der Waals surface area contributed by atoms with Gasteiger partial charge in [-0.2, -0.15) is 13.2 Å². The average Bonchev–Trinajstić information content (AvgIpc) is 2.15. The molecule has 0 aliphatic rings. The largest absolute Gasteiger partial charge is 0.496 e. The normalized spacial score (nSPS) is 11.3. The van der Waals surface area contributed by atoms with E-state index in [4.69, 9.17) is 5.11 Å². The standard InChI is InChI=1S/C9H6BrF3O3/c1-16-7-3-5(9(11,12)13)6(10)2-4(7)8(14)15/h2-3H,1H3,(H,14,15). The van der Waals surface area contributed by atoms with E-state index in [1.807, 2.05) is 0 Å². The molecule has 1 N–H and O–H groups in total. The lowest BCUT2D eigenvalue weighted by atomic mass is 10.1. The Hall–Kier alpha value is -1.24. The van der Waals surface area contributed by atoms with Gasteiger partial charge >= 0.3 is 12.1 Å². The summed E-state index contributed by atoms with van der Waals surface area (Å²) in [7, 11) is 1.11. The Morgan fingerprint density at radius 2 is 2.00 bits per heavy atom. The summed E-state index contributed by atoms with van der Waals surface area (Å²) in [4.78, 5) is 10.7. The highest BCUT2D eigenvalue weighted by Crippen LogP contribution is 2.38. The van der Waals surface area contributed by atoms with Crippen LogP contribution in [0, 0.1) is 0 Å². The summed E-state index contributed by atoms with van der Waals surface area (Å²) in [6.07, 6.45) is -4.57. The van der Waals surface area contributed by atoms with Crippen LogP contribution in [-0.2, 0) is 6.18 Å². The first-order chi connectivity index (χ1) is 7.27. The number of ether oxygens (including phenoxy) is 1. The number of halogens is 4. The van der Waals surface area contributed by atoms with Crippen LogP contribution in [0.1, 0.15) is 15.9 Å². The Bertz CT molecular complexity index is 429. The summed E-state index contributed by atoms with van der Waals surface area (Å²) in [5.74, 6) is -1.69. The molecule has 0 amide bonds. The number of hydrogen-bond donors (Lipinski definition) is 1. The van der Waals surface area contributed by atoms with E-state index in [2.05, 4.69) is 20.7 Å². The van der Waals surface area contributed by atoms with Gasteiger partial charge in [-0.3, -0.25) is 0 Å². The fourth-order valence-corrected chi connectivity index (χ4v) is 1.67. The Labute approximate surface area is 97.0 Å². The van der Waals surface area contributed by atoms with Gasteiger partial charge in [-0.15, -0.1) is 0 Å². The Kier molecular flexibility index (Phi) is 3.47. The van der Waals surface area contributed by atoms with E-state index in [0.717, 1.165) is 13.2 Å². The van der Waals surface area contributed by atoms with Crippen LogP contribution in [0.25, 0.3) is 0 Å². The molecule has 1 aromatic carbocycles. The summed E-state index contributed by atoms with van der Waals surface area (Å²) >= 11 is 2.68. The molecule has 0 aliphatic heterocycles. The van der Waals surface area contributed by atoms with E-state index in [-0.39, 0.29) is 15.8 Å². The number of carbonyl (C=O) groups is 1. The van der Waals surface area contributed by atoms with Crippen molar-refractivity contribution in [2.75, 3.05) is 7.11 Å². The molecule has 0 heterocycles. The zero-order valence-corrected chi connectivity index (χ0v) is 9.52. The smallest absolute Gasteiger partial charge is 0.417 e. The van der Waals surface area contributed by atoms with Crippen LogP contribution < -0.4 is 4.74 Å². The van der Waals surface area contributed by atoms with E-state index in [1.165, 1.54) is 0 Å². The second kappa shape index (κ2) is 4.32. The van der Waals surface area contributed by atoms with Gasteiger partial charge in [0.1, 0.15) is 11.3 Å². The predicted octanol–water partition coefficient (Wildman–Crippen LogP) is 3.17. The molecule has 0 fully saturated rings. The third-order valence-electron chi connectivity index (χ3n) is 1.82. The summed E-state index contributed by atoms with van der Waals surface area (Å²) in [5.41, 5.74) is -1.31. The van der Waals surface area contributed by atoms with Gasteiger partial charge in [-0.25, -0.2) is 4.79 Å². The molecule has 0 aliphatic carbocycles. The van der Waals surface area contributed by atoms with Gasteiger partial charge in [0.25, 0.3) is 0 Å². The van der Waals surface area contributed by atoms with Gasteiger partial charge in [0, 0.05) is 4.47 Å². The average molecular weight is 299 g/mol. The van der Waals surface area contributed by atoms with Gasteiger partial charge < -0.3 is 9.84 Å². The number of methoxy groups -OCH3 is 1. The molecule has 0 aromatic heterocycles. The number of aromatic carboxylic acids is 1. The minimum absolute atomic E-state index is 0.331. The van der Waals surface area contributed by atoms with Gasteiger partial charge in [0.05, 0.1) is 12.7 Å². The summed E-state index contributed by atoms with van der Waals surface area (Å²) < 4.78 is 41.7. The Morgan fingerprint density at radius 3 is 2.38 bits per heavy atom. The van der Waals surface area contributed by atoms with E-state index >= 15 is 0 Å². The minimum Gasteiger partial charge on any atom is -0.496 e. The van der Waals surface area contributed by atoms with Crippen molar-refractivity contribution < 1.29 is 27.8 Å². The third-order valence-corrected chi connectivity index (χ3v) is 2.48. The molecule has 0 saturated carbocycles. The highest BCUT2D eigenvalue weighted by atomic mass is 79.9. The van der Waals surface area contributed by atoms with Gasteiger partial charge in [0.2, 0.25) is 0 Å². The fraction of sp³-hybridized carbons (Fsp3) is 0.222. The zero-order chi connectivity index (χ0) is 12.5. The quantitative estimate of drug-likeness (QED) is 0.912. The van der Waals surface area contributed by atoms with Crippen LogP contribution >= 0.6 is 15.9 Å². The topological polar surface area (TPSA) is 46.5 Å². The van der Waals surface area contributed by atoms with E-state index in [9.17, 15) is 18.0 Å².